The number of benzene rings is 1. The van der Waals surface area contributed by atoms with E-state index in [1.165, 1.54) is 5.56 Å². The number of thiazole rings is 1. The molecule has 2 aromatic rings. The van der Waals surface area contributed by atoms with Gasteiger partial charge in [-0.25, -0.2) is 4.98 Å². The standard InChI is InChI=1S/C12H13N3S/c1-9-3-5-11(6-4-9)15-13-7-12-8-16-10(2)14-12/h3-8,15H,1-2H3/b13-7-. The fourth-order valence-corrected chi connectivity index (χ4v) is 1.80. The van der Waals surface area contributed by atoms with Gasteiger partial charge in [-0.3, -0.25) is 5.43 Å². The summed E-state index contributed by atoms with van der Waals surface area (Å²) >= 11 is 1.62. The molecule has 0 amide bonds. The lowest BCUT2D eigenvalue weighted by molar-refractivity contribution is 1.26. The van der Waals surface area contributed by atoms with Crippen LogP contribution in [0.2, 0.25) is 0 Å². The molecule has 82 valence electrons. The minimum atomic E-state index is 0.891. The lowest BCUT2D eigenvalue weighted by Gasteiger charge is -1.99. The maximum absolute atomic E-state index is 4.29. The molecule has 3 nitrogen and oxygen atoms in total. The molecule has 2 rings (SSSR count). The van der Waals surface area contributed by atoms with Crippen molar-refractivity contribution in [1.29, 1.82) is 0 Å². The quantitative estimate of drug-likeness (QED) is 0.650. The SMILES string of the molecule is Cc1ccc(N/N=C\c2csc(C)n2)cc1. The van der Waals surface area contributed by atoms with Crippen molar-refractivity contribution in [1.82, 2.24) is 4.98 Å². The Labute approximate surface area is 98.9 Å². The Morgan fingerprint density at radius 2 is 2.00 bits per heavy atom. The molecule has 0 bridgehead atoms. The summed E-state index contributed by atoms with van der Waals surface area (Å²) in [5.74, 6) is 0. The van der Waals surface area contributed by atoms with Crippen LogP contribution in [0.4, 0.5) is 5.69 Å². The normalized spacial score (nSPS) is 10.9. The molecule has 4 heteroatoms. The van der Waals surface area contributed by atoms with Crippen LogP contribution in [0.1, 0.15) is 16.3 Å². The number of hydrogen-bond donors (Lipinski definition) is 1. The zero-order valence-electron chi connectivity index (χ0n) is 9.27. The first-order valence-electron chi connectivity index (χ1n) is 5.02. The summed E-state index contributed by atoms with van der Waals surface area (Å²) in [6, 6.07) is 8.09. The van der Waals surface area contributed by atoms with Crippen LogP contribution in [-0.2, 0) is 0 Å². The number of nitrogens with one attached hydrogen (secondary N) is 1. The largest absolute Gasteiger partial charge is 0.278 e. The van der Waals surface area contributed by atoms with Gasteiger partial charge in [-0.05, 0) is 26.0 Å². The second-order valence-corrected chi connectivity index (χ2v) is 4.59. The van der Waals surface area contributed by atoms with E-state index >= 15 is 0 Å². The van der Waals surface area contributed by atoms with Gasteiger partial charge in [0.15, 0.2) is 0 Å². The van der Waals surface area contributed by atoms with E-state index in [4.69, 9.17) is 0 Å². The highest BCUT2D eigenvalue weighted by Crippen LogP contribution is 2.09. The minimum absolute atomic E-state index is 0.891. The van der Waals surface area contributed by atoms with Crippen LogP contribution in [-0.4, -0.2) is 11.2 Å². The van der Waals surface area contributed by atoms with E-state index in [1.807, 2.05) is 36.6 Å². The van der Waals surface area contributed by atoms with Gasteiger partial charge in [0.1, 0.15) is 0 Å². The van der Waals surface area contributed by atoms with E-state index < -0.39 is 0 Å². The summed E-state index contributed by atoms with van der Waals surface area (Å²) in [7, 11) is 0. The summed E-state index contributed by atoms with van der Waals surface area (Å²) < 4.78 is 0. The van der Waals surface area contributed by atoms with E-state index in [0.717, 1.165) is 16.4 Å². The van der Waals surface area contributed by atoms with Gasteiger partial charge in [0, 0.05) is 5.38 Å². The molecule has 1 N–H and O–H groups in total. The molecule has 0 aliphatic carbocycles. The number of rotatable bonds is 3. The molecule has 0 atom stereocenters. The van der Waals surface area contributed by atoms with Gasteiger partial charge in [0.2, 0.25) is 0 Å². The molecule has 1 aromatic carbocycles. The van der Waals surface area contributed by atoms with Crippen LogP contribution in [0.5, 0.6) is 0 Å². The molecule has 16 heavy (non-hydrogen) atoms. The van der Waals surface area contributed by atoms with Crippen LogP contribution >= 0.6 is 11.3 Å². The van der Waals surface area contributed by atoms with Crippen LogP contribution in [0.3, 0.4) is 0 Å². The number of aryl methyl sites for hydroxylation is 2. The van der Waals surface area contributed by atoms with Gasteiger partial charge in [0.25, 0.3) is 0 Å². The zero-order valence-corrected chi connectivity index (χ0v) is 10.1. The first kappa shape index (κ1) is 10.8. The Balaban J connectivity index is 1.97. The zero-order chi connectivity index (χ0) is 11.4. The van der Waals surface area contributed by atoms with Crippen molar-refractivity contribution in [3.8, 4) is 0 Å². The number of anilines is 1. The summed E-state index contributed by atoms with van der Waals surface area (Å²) in [6.45, 7) is 4.04. The number of hydrazone groups is 1. The molecule has 1 aromatic heterocycles. The molecule has 0 unspecified atom stereocenters. The Bertz CT molecular complexity index is 485. The summed E-state index contributed by atoms with van der Waals surface area (Å²) in [5.41, 5.74) is 6.08. The van der Waals surface area contributed by atoms with Crippen molar-refractivity contribution >= 4 is 23.2 Å². The third-order valence-corrected chi connectivity index (χ3v) is 2.87. The maximum atomic E-state index is 4.29. The van der Waals surface area contributed by atoms with Gasteiger partial charge in [-0.2, -0.15) is 5.10 Å². The molecule has 0 spiro atoms. The van der Waals surface area contributed by atoms with Crippen molar-refractivity contribution in [2.75, 3.05) is 5.43 Å². The van der Waals surface area contributed by atoms with Gasteiger partial charge < -0.3 is 0 Å². The number of nitrogens with zero attached hydrogens (tertiary/aromatic N) is 2. The molecule has 0 saturated heterocycles. The fraction of sp³-hybridized carbons (Fsp3) is 0.167. The van der Waals surface area contributed by atoms with Crippen LogP contribution < -0.4 is 5.43 Å². The van der Waals surface area contributed by atoms with E-state index in [9.17, 15) is 0 Å². The average molecular weight is 231 g/mol. The first-order chi connectivity index (χ1) is 7.74. The maximum Gasteiger partial charge on any atom is 0.0942 e. The molecule has 0 aliphatic heterocycles. The highest BCUT2D eigenvalue weighted by Gasteiger charge is 1.93. The summed E-state index contributed by atoms with van der Waals surface area (Å²) in [4.78, 5) is 4.29. The average Bonchev–Trinajstić information content (AvgIpc) is 2.67. The second-order valence-electron chi connectivity index (χ2n) is 3.53. The predicted molar refractivity (Wildman–Crippen MR) is 69.2 cm³/mol. The van der Waals surface area contributed by atoms with E-state index in [-0.39, 0.29) is 0 Å². The van der Waals surface area contributed by atoms with Gasteiger partial charge in [-0.1, -0.05) is 17.7 Å². The van der Waals surface area contributed by atoms with Gasteiger partial charge >= 0.3 is 0 Å². The van der Waals surface area contributed by atoms with Crippen molar-refractivity contribution in [2.45, 2.75) is 13.8 Å². The molecule has 0 aliphatic rings. The fourth-order valence-electron chi connectivity index (χ4n) is 1.24. The highest BCUT2D eigenvalue weighted by atomic mass is 32.1. The van der Waals surface area contributed by atoms with E-state index in [1.54, 1.807) is 17.6 Å². The molecular formula is C12H13N3S. The molecule has 0 radical (unpaired) electrons. The van der Waals surface area contributed by atoms with Gasteiger partial charge in [0.05, 0.1) is 22.6 Å². The smallest absolute Gasteiger partial charge is 0.0942 e. The Morgan fingerprint density at radius 3 is 2.62 bits per heavy atom. The predicted octanol–water partition coefficient (Wildman–Crippen LogP) is 3.21. The van der Waals surface area contributed by atoms with E-state index in [2.05, 4.69) is 22.4 Å². The first-order valence-corrected chi connectivity index (χ1v) is 5.90. The third-order valence-electron chi connectivity index (χ3n) is 2.08. The van der Waals surface area contributed by atoms with Crippen LogP contribution in [0, 0.1) is 13.8 Å². The topological polar surface area (TPSA) is 37.3 Å². The summed E-state index contributed by atoms with van der Waals surface area (Å²) in [6.07, 6.45) is 1.73. The Kier molecular flexibility index (Phi) is 3.31. The van der Waals surface area contributed by atoms with Crippen LogP contribution in [0.25, 0.3) is 0 Å². The monoisotopic (exact) mass is 231 g/mol. The molecule has 0 fully saturated rings. The minimum Gasteiger partial charge on any atom is -0.278 e. The van der Waals surface area contributed by atoms with Crippen molar-refractivity contribution in [2.24, 2.45) is 5.10 Å². The van der Waals surface area contributed by atoms with Crippen molar-refractivity contribution < 1.29 is 0 Å². The lowest BCUT2D eigenvalue weighted by Crippen LogP contribution is -1.90. The van der Waals surface area contributed by atoms with Crippen molar-refractivity contribution in [3.05, 3.63) is 45.9 Å². The Hall–Kier alpha value is -1.68. The molecule has 0 saturated carbocycles. The number of aromatic nitrogens is 1. The second kappa shape index (κ2) is 4.90. The van der Waals surface area contributed by atoms with Gasteiger partial charge in [-0.15, -0.1) is 11.3 Å². The van der Waals surface area contributed by atoms with E-state index in [0.29, 0.717) is 0 Å². The molecule has 1 heterocycles. The van der Waals surface area contributed by atoms with Crippen LogP contribution in [0.15, 0.2) is 34.7 Å². The summed E-state index contributed by atoms with van der Waals surface area (Å²) in [5, 5.41) is 7.16. The molecular weight excluding hydrogens is 218 g/mol. The third kappa shape index (κ3) is 2.90. The Morgan fingerprint density at radius 1 is 1.25 bits per heavy atom. The highest BCUT2D eigenvalue weighted by molar-refractivity contribution is 7.09. The lowest BCUT2D eigenvalue weighted by atomic mass is 10.2. The van der Waals surface area contributed by atoms with Crippen molar-refractivity contribution in [3.63, 3.8) is 0 Å². The number of hydrogen-bond acceptors (Lipinski definition) is 4.